The molecular weight excluding hydrogens is 314 g/mol. The maximum atomic E-state index is 5.98. The predicted octanol–water partition coefficient (Wildman–Crippen LogP) is 4.21. The van der Waals surface area contributed by atoms with Crippen LogP contribution in [0.1, 0.15) is 31.2 Å². The molecule has 0 amide bonds. The van der Waals surface area contributed by atoms with E-state index in [2.05, 4.69) is 34.3 Å². The van der Waals surface area contributed by atoms with Gasteiger partial charge < -0.3 is 14.1 Å². The molecule has 0 spiro atoms. The molecule has 3 aromatic rings. The molecule has 0 bridgehead atoms. The molecule has 0 radical (unpaired) electrons. The number of ether oxygens (including phenoxy) is 1. The molecule has 132 valence electrons. The standard InChI is InChI=1S/C20H25N3O2/c1-23(10-9-17-7-4-5-11-24-17)14-16-13-21-22-20(16)19-12-15-6-2-3-8-18(15)25-19/h2-3,6,8,12-13,17H,4-5,7,9-11,14H2,1H3,(H,21,22)/t17-/m0/s1. The Morgan fingerprint density at radius 2 is 2.20 bits per heavy atom. The highest BCUT2D eigenvalue weighted by Gasteiger charge is 2.17. The third-order valence-electron chi connectivity index (χ3n) is 4.94. The summed E-state index contributed by atoms with van der Waals surface area (Å²) in [4.78, 5) is 2.33. The van der Waals surface area contributed by atoms with Gasteiger partial charge in [-0.3, -0.25) is 5.10 Å². The zero-order chi connectivity index (χ0) is 17.1. The van der Waals surface area contributed by atoms with E-state index in [9.17, 15) is 0 Å². The van der Waals surface area contributed by atoms with E-state index in [1.807, 2.05) is 24.4 Å². The van der Waals surface area contributed by atoms with E-state index in [4.69, 9.17) is 9.15 Å². The molecule has 1 aliphatic heterocycles. The fraction of sp³-hybridized carbons (Fsp3) is 0.450. The summed E-state index contributed by atoms with van der Waals surface area (Å²) in [6.07, 6.45) is 7.12. The van der Waals surface area contributed by atoms with Gasteiger partial charge in [-0.1, -0.05) is 18.2 Å². The summed E-state index contributed by atoms with van der Waals surface area (Å²) in [5.41, 5.74) is 3.03. The quantitative estimate of drug-likeness (QED) is 0.731. The van der Waals surface area contributed by atoms with Gasteiger partial charge in [0.15, 0.2) is 5.76 Å². The van der Waals surface area contributed by atoms with E-state index in [1.165, 1.54) is 19.3 Å². The highest BCUT2D eigenvalue weighted by Crippen LogP contribution is 2.29. The maximum absolute atomic E-state index is 5.98. The van der Waals surface area contributed by atoms with Gasteiger partial charge in [-0.05, 0) is 44.9 Å². The number of rotatable bonds is 6. The van der Waals surface area contributed by atoms with Gasteiger partial charge >= 0.3 is 0 Å². The van der Waals surface area contributed by atoms with Gasteiger partial charge in [0.05, 0.1) is 12.3 Å². The summed E-state index contributed by atoms with van der Waals surface area (Å²) in [6.45, 7) is 2.79. The van der Waals surface area contributed by atoms with E-state index in [0.717, 1.165) is 54.1 Å². The molecular formula is C20H25N3O2. The lowest BCUT2D eigenvalue weighted by molar-refractivity contribution is 0.00641. The second kappa shape index (κ2) is 7.42. The first-order chi connectivity index (χ1) is 12.3. The van der Waals surface area contributed by atoms with E-state index in [0.29, 0.717) is 6.10 Å². The Hall–Kier alpha value is -2.11. The Morgan fingerprint density at radius 1 is 1.28 bits per heavy atom. The predicted molar refractivity (Wildman–Crippen MR) is 98.3 cm³/mol. The number of para-hydroxylation sites is 1. The molecule has 1 aromatic carbocycles. The monoisotopic (exact) mass is 339 g/mol. The summed E-state index contributed by atoms with van der Waals surface area (Å²) >= 11 is 0. The number of nitrogens with zero attached hydrogens (tertiary/aromatic N) is 2. The van der Waals surface area contributed by atoms with E-state index < -0.39 is 0 Å². The van der Waals surface area contributed by atoms with Crippen LogP contribution in [0.4, 0.5) is 0 Å². The largest absolute Gasteiger partial charge is 0.454 e. The molecule has 25 heavy (non-hydrogen) atoms. The summed E-state index contributed by atoms with van der Waals surface area (Å²) in [7, 11) is 2.15. The molecule has 0 saturated carbocycles. The second-order valence-electron chi connectivity index (χ2n) is 6.93. The molecule has 1 N–H and O–H groups in total. The minimum absolute atomic E-state index is 0.426. The van der Waals surface area contributed by atoms with Crippen LogP contribution in [0.2, 0.25) is 0 Å². The second-order valence-corrected chi connectivity index (χ2v) is 6.93. The van der Waals surface area contributed by atoms with Crippen LogP contribution in [0.25, 0.3) is 22.4 Å². The van der Waals surface area contributed by atoms with Crippen LogP contribution in [-0.4, -0.2) is 41.4 Å². The Labute approximate surface area is 148 Å². The molecule has 1 aliphatic rings. The molecule has 0 aliphatic carbocycles. The number of H-pyrrole nitrogens is 1. The van der Waals surface area contributed by atoms with Gasteiger partial charge in [0.25, 0.3) is 0 Å². The first-order valence-electron chi connectivity index (χ1n) is 9.11. The fourth-order valence-corrected chi connectivity index (χ4v) is 3.52. The Balaban J connectivity index is 1.42. The van der Waals surface area contributed by atoms with Crippen molar-refractivity contribution in [1.82, 2.24) is 15.1 Å². The van der Waals surface area contributed by atoms with Crippen molar-refractivity contribution >= 4 is 11.0 Å². The number of hydrogen-bond acceptors (Lipinski definition) is 4. The minimum atomic E-state index is 0.426. The average molecular weight is 339 g/mol. The summed E-state index contributed by atoms with van der Waals surface area (Å²) < 4.78 is 11.8. The fourth-order valence-electron chi connectivity index (χ4n) is 3.52. The van der Waals surface area contributed by atoms with Gasteiger partial charge in [-0.2, -0.15) is 5.10 Å². The summed E-state index contributed by atoms with van der Waals surface area (Å²) in [6, 6.07) is 10.1. The Morgan fingerprint density at radius 3 is 3.04 bits per heavy atom. The van der Waals surface area contributed by atoms with Gasteiger partial charge in [0.2, 0.25) is 0 Å². The lowest BCUT2D eigenvalue weighted by atomic mass is 10.1. The molecule has 0 unspecified atom stereocenters. The number of nitrogens with one attached hydrogen (secondary N) is 1. The van der Waals surface area contributed by atoms with Crippen molar-refractivity contribution in [3.8, 4) is 11.5 Å². The summed E-state index contributed by atoms with van der Waals surface area (Å²) in [5.74, 6) is 0.845. The Bertz CT molecular complexity index is 784. The third kappa shape index (κ3) is 3.78. The van der Waals surface area contributed by atoms with Crippen molar-refractivity contribution < 1.29 is 9.15 Å². The first-order valence-corrected chi connectivity index (χ1v) is 9.11. The van der Waals surface area contributed by atoms with E-state index in [1.54, 1.807) is 0 Å². The van der Waals surface area contributed by atoms with Crippen LogP contribution < -0.4 is 0 Å². The lowest BCUT2D eigenvalue weighted by Gasteiger charge is -2.25. The molecule has 1 fully saturated rings. The number of fused-ring (bicyclic) bond motifs is 1. The minimum Gasteiger partial charge on any atom is -0.454 e. The highest BCUT2D eigenvalue weighted by molar-refractivity contribution is 5.82. The molecule has 3 heterocycles. The first kappa shape index (κ1) is 16.4. The van der Waals surface area contributed by atoms with Crippen LogP contribution in [0, 0.1) is 0 Å². The van der Waals surface area contributed by atoms with Gasteiger partial charge in [-0.25, -0.2) is 0 Å². The number of furan rings is 1. The maximum Gasteiger partial charge on any atom is 0.153 e. The van der Waals surface area contributed by atoms with Crippen LogP contribution in [0.15, 0.2) is 40.9 Å². The zero-order valence-electron chi connectivity index (χ0n) is 14.7. The highest BCUT2D eigenvalue weighted by atomic mass is 16.5. The third-order valence-corrected chi connectivity index (χ3v) is 4.94. The van der Waals surface area contributed by atoms with Crippen molar-refractivity contribution in [2.24, 2.45) is 0 Å². The molecule has 4 rings (SSSR count). The number of benzene rings is 1. The van der Waals surface area contributed by atoms with Crippen molar-refractivity contribution in [2.45, 2.75) is 38.3 Å². The molecule has 5 heteroatoms. The van der Waals surface area contributed by atoms with Gasteiger partial charge in [0.1, 0.15) is 11.3 Å². The van der Waals surface area contributed by atoms with Crippen LogP contribution in [-0.2, 0) is 11.3 Å². The molecule has 1 atom stereocenters. The number of hydrogen-bond donors (Lipinski definition) is 1. The smallest absolute Gasteiger partial charge is 0.153 e. The van der Waals surface area contributed by atoms with E-state index >= 15 is 0 Å². The van der Waals surface area contributed by atoms with Crippen molar-refractivity contribution in [2.75, 3.05) is 20.2 Å². The molecule has 5 nitrogen and oxygen atoms in total. The van der Waals surface area contributed by atoms with Crippen molar-refractivity contribution in [1.29, 1.82) is 0 Å². The molecule has 1 saturated heterocycles. The van der Waals surface area contributed by atoms with Gasteiger partial charge in [0, 0.05) is 30.6 Å². The van der Waals surface area contributed by atoms with Crippen molar-refractivity contribution in [3.63, 3.8) is 0 Å². The number of aromatic nitrogens is 2. The van der Waals surface area contributed by atoms with Crippen LogP contribution >= 0.6 is 0 Å². The SMILES string of the molecule is CN(CC[C@@H]1CCCCO1)Cc1cn[nH]c1-c1cc2ccccc2o1. The lowest BCUT2D eigenvalue weighted by Crippen LogP contribution is -2.26. The Kier molecular flexibility index (Phi) is 4.85. The van der Waals surface area contributed by atoms with Gasteiger partial charge in [-0.15, -0.1) is 0 Å². The summed E-state index contributed by atoms with van der Waals surface area (Å²) in [5, 5.41) is 8.45. The van der Waals surface area contributed by atoms with E-state index in [-0.39, 0.29) is 0 Å². The average Bonchev–Trinajstić information content (AvgIpc) is 3.27. The van der Waals surface area contributed by atoms with Crippen molar-refractivity contribution in [3.05, 3.63) is 42.1 Å². The normalized spacial score (nSPS) is 18.2. The van der Waals surface area contributed by atoms with Crippen LogP contribution in [0.3, 0.4) is 0 Å². The zero-order valence-corrected chi connectivity index (χ0v) is 14.7. The topological polar surface area (TPSA) is 54.3 Å². The van der Waals surface area contributed by atoms with Crippen LogP contribution in [0.5, 0.6) is 0 Å². The number of aromatic amines is 1. The molecule has 2 aromatic heterocycles.